The van der Waals surface area contributed by atoms with Crippen LogP contribution in [0.3, 0.4) is 0 Å². The minimum Gasteiger partial charge on any atom is -0.392 e. The monoisotopic (exact) mass is 420 g/mol. The first-order valence-corrected chi connectivity index (χ1v) is 11.1. The van der Waals surface area contributed by atoms with E-state index < -0.39 is 26.7 Å². The third-order valence-corrected chi connectivity index (χ3v) is 7.61. The lowest BCUT2D eigenvalue weighted by Gasteiger charge is -2.35. The first-order chi connectivity index (χ1) is 13.8. The van der Waals surface area contributed by atoms with E-state index in [-0.39, 0.29) is 22.1 Å². The Morgan fingerprint density at radius 2 is 1.72 bits per heavy atom. The van der Waals surface area contributed by atoms with Crippen LogP contribution in [0.5, 0.6) is 0 Å². The van der Waals surface area contributed by atoms with E-state index in [1.807, 2.05) is 18.9 Å². The maximum atomic E-state index is 14.7. The second kappa shape index (κ2) is 7.50. The number of rotatable bonds is 5. The molecule has 0 bridgehead atoms. The number of sulfone groups is 1. The van der Waals surface area contributed by atoms with Gasteiger partial charge in [0.15, 0.2) is 9.84 Å². The van der Waals surface area contributed by atoms with Gasteiger partial charge in [0.05, 0.1) is 21.4 Å². The summed E-state index contributed by atoms with van der Waals surface area (Å²) in [7, 11) is -1.58. The molecular formula is C21H22F2N2O3S. The van der Waals surface area contributed by atoms with Crippen molar-refractivity contribution in [1.29, 1.82) is 0 Å². The van der Waals surface area contributed by atoms with Crippen molar-refractivity contribution in [2.24, 2.45) is 5.16 Å². The maximum Gasteiger partial charge on any atom is 0.183 e. The topological polar surface area (TPSA) is 59.0 Å². The van der Waals surface area contributed by atoms with Gasteiger partial charge in [-0.3, -0.25) is 0 Å². The van der Waals surface area contributed by atoms with Crippen molar-refractivity contribution in [2.75, 3.05) is 20.1 Å². The van der Waals surface area contributed by atoms with Crippen LogP contribution < -0.4 is 0 Å². The zero-order valence-electron chi connectivity index (χ0n) is 16.2. The van der Waals surface area contributed by atoms with Gasteiger partial charge in [-0.25, -0.2) is 17.2 Å². The number of nitrogens with zero attached hydrogens (tertiary/aromatic N) is 2. The lowest BCUT2D eigenvalue weighted by atomic mass is 9.98. The predicted molar refractivity (Wildman–Crippen MR) is 107 cm³/mol. The van der Waals surface area contributed by atoms with E-state index >= 15 is 0 Å². The van der Waals surface area contributed by atoms with Crippen LogP contribution in [0.2, 0.25) is 0 Å². The van der Waals surface area contributed by atoms with Gasteiger partial charge in [0.25, 0.3) is 0 Å². The van der Waals surface area contributed by atoms with E-state index in [2.05, 4.69) is 5.16 Å². The fourth-order valence-corrected chi connectivity index (χ4v) is 5.48. The molecule has 0 N–H and O–H groups in total. The molecule has 29 heavy (non-hydrogen) atoms. The molecule has 1 atom stereocenters. The van der Waals surface area contributed by atoms with Gasteiger partial charge in [0.1, 0.15) is 17.7 Å². The van der Waals surface area contributed by atoms with E-state index in [4.69, 9.17) is 4.84 Å². The first kappa shape index (κ1) is 20.0. The average Bonchev–Trinajstić information content (AvgIpc) is 3.14. The van der Waals surface area contributed by atoms with E-state index in [0.29, 0.717) is 30.8 Å². The molecule has 2 aliphatic rings. The van der Waals surface area contributed by atoms with Crippen LogP contribution in [-0.4, -0.2) is 50.5 Å². The van der Waals surface area contributed by atoms with Gasteiger partial charge < -0.3 is 9.74 Å². The van der Waals surface area contributed by atoms with Gasteiger partial charge in [-0.1, -0.05) is 24.2 Å². The Kier molecular flexibility index (Phi) is 5.16. The zero-order chi connectivity index (χ0) is 20.8. The van der Waals surface area contributed by atoms with Crippen molar-refractivity contribution in [1.82, 2.24) is 4.90 Å². The van der Waals surface area contributed by atoms with Crippen molar-refractivity contribution >= 4 is 15.5 Å². The Bertz CT molecular complexity index is 1040. The molecule has 1 saturated heterocycles. The average molecular weight is 420 g/mol. The molecule has 0 aromatic heterocycles. The Labute approximate surface area is 168 Å². The Morgan fingerprint density at radius 1 is 1.10 bits per heavy atom. The van der Waals surface area contributed by atoms with Gasteiger partial charge in [0, 0.05) is 25.1 Å². The number of likely N-dealkylation sites (tertiary alicyclic amines) is 1. The molecule has 2 aliphatic heterocycles. The predicted octanol–water partition coefficient (Wildman–Crippen LogP) is 3.62. The quantitative estimate of drug-likeness (QED) is 0.741. The lowest BCUT2D eigenvalue weighted by Crippen LogP contribution is -2.52. The minimum atomic E-state index is -3.44. The van der Waals surface area contributed by atoms with Crippen molar-refractivity contribution in [3.8, 4) is 11.1 Å². The van der Waals surface area contributed by atoms with E-state index in [1.54, 1.807) is 0 Å². The molecule has 0 spiro atoms. The van der Waals surface area contributed by atoms with Crippen LogP contribution in [0, 0.1) is 11.6 Å². The smallest absolute Gasteiger partial charge is 0.183 e. The van der Waals surface area contributed by atoms with Crippen molar-refractivity contribution in [2.45, 2.75) is 36.0 Å². The fraction of sp³-hybridized carbons (Fsp3) is 0.381. The minimum absolute atomic E-state index is 0.0688. The van der Waals surface area contributed by atoms with Crippen molar-refractivity contribution in [3.63, 3.8) is 0 Å². The Hall–Kier alpha value is -2.32. The summed E-state index contributed by atoms with van der Waals surface area (Å²) in [5.41, 5.74) is 0.973. The van der Waals surface area contributed by atoms with Crippen molar-refractivity contribution in [3.05, 3.63) is 53.6 Å². The molecule has 2 aromatic rings. The highest BCUT2D eigenvalue weighted by Gasteiger charge is 2.36. The number of hydrogen-bond donors (Lipinski definition) is 0. The van der Waals surface area contributed by atoms with Gasteiger partial charge in [0.2, 0.25) is 0 Å². The second-order valence-electron chi connectivity index (χ2n) is 7.61. The summed E-state index contributed by atoms with van der Waals surface area (Å²) in [6, 6.07) is 8.20. The van der Waals surface area contributed by atoms with Gasteiger partial charge in [-0.05, 0) is 43.3 Å². The molecule has 2 heterocycles. The molecule has 0 radical (unpaired) electrons. The van der Waals surface area contributed by atoms with Crippen LogP contribution in [0.1, 0.15) is 25.3 Å². The van der Waals surface area contributed by atoms with Crippen LogP contribution in [0.25, 0.3) is 11.1 Å². The molecule has 8 heteroatoms. The molecule has 4 rings (SSSR count). The van der Waals surface area contributed by atoms with Crippen molar-refractivity contribution < 1.29 is 22.0 Å². The standard InChI is InChI=1S/C21H22F2N2O3S/c1-3-15-10-20(24-28-15)14-8-18(22)21(19(23)9-14)13-4-6-16(7-5-13)29(26,27)17-11-25(2)12-17/h4-9,15,17H,3,10-12H2,1-2H3/t15-/m0/s1. The summed E-state index contributed by atoms with van der Waals surface area (Å²) in [5, 5.41) is 3.49. The van der Waals surface area contributed by atoms with E-state index in [9.17, 15) is 17.2 Å². The molecule has 5 nitrogen and oxygen atoms in total. The molecular weight excluding hydrogens is 398 g/mol. The number of oxime groups is 1. The Balaban J connectivity index is 1.60. The Morgan fingerprint density at radius 3 is 2.24 bits per heavy atom. The maximum absolute atomic E-state index is 14.7. The molecule has 0 amide bonds. The molecule has 0 saturated carbocycles. The highest BCUT2D eigenvalue weighted by molar-refractivity contribution is 7.92. The molecule has 154 valence electrons. The largest absolute Gasteiger partial charge is 0.392 e. The summed E-state index contributed by atoms with van der Waals surface area (Å²) in [6.45, 7) is 2.93. The van der Waals surface area contributed by atoms with Crippen LogP contribution in [0.15, 0.2) is 46.4 Å². The van der Waals surface area contributed by atoms with Gasteiger partial charge in [-0.2, -0.15) is 0 Å². The van der Waals surface area contributed by atoms with E-state index in [0.717, 1.165) is 6.42 Å². The van der Waals surface area contributed by atoms with E-state index in [1.165, 1.54) is 36.4 Å². The molecule has 1 fully saturated rings. The highest BCUT2D eigenvalue weighted by atomic mass is 32.2. The van der Waals surface area contributed by atoms with Crippen LogP contribution in [-0.2, 0) is 14.7 Å². The summed E-state index contributed by atoms with van der Waals surface area (Å²) in [6.07, 6.45) is 1.21. The molecule has 2 aromatic carbocycles. The van der Waals surface area contributed by atoms with Gasteiger partial charge >= 0.3 is 0 Å². The number of hydrogen-bond acceptors (Lipinski definition) is 5. The summed E-state index contributed by atoms with van der Waals surface area (Å²) in [5.74, 6) is -1.45. The lowest BCUT2D eigenvalue weighted by molar-refractivity contribution is 0.0829. The zero-order valence-corrected chi connectivity index (χ0v) is 17.0. The van der Waals surface area contributed by atoms with Crippen LogP contribution in [0.4, 0.5) is 8.78 Å². The highest BCUT2D eigenvalue weighted by Crippen LogP contribution is 2.31. The summed E-state index contributed by atoms with van der Waals surface area (Å²) < 4.78 is 54.6. The summed E-state index contributed by atoms with van der Waals surface area (Å²) in [4.78, 5) is 7.32. The molecule has 0 unspecified atom stereocenters. The third kappa shape index (κ3) is 3.67. The van der Waals surface area contributed by atoms with Gasteiger partial charge in [-0.15, -0.1) is 0 Å². The normalized spacial score (nSPS) is 20.3. The third-order valence-electron chi connectivity index (χ3n) is 5.50. The first-order valence-electron chi connectivity index (χ1n) is 9.54. The SMILES string of the molecule is CC[C@H]1CC(c2cc(F)c(-c3ccc(S(=O)(=O)C4CN(C)C4)cc3)c(F)c2)=NO1. The molecule has 0 aliphatic carbocycles. The number of benzene rings is 2. The number of halogens is 2. The van der Waals surface area contributed by atoms with Crippen LogP contribution >= 0.6 is 0 Å². The fourth-order valence-electron chi connectivity index (χ4n) is 3.68. The second-order valence-corrected chi connectivity index (χ2v) is 9.83. The summed E-state index contributed by atoms with van der Waals surface area (Å²) >= 11 is 0.